The lowest BCUT2D eigenvalue weighted by molar-refractivity contribution is 0.0926. The van der Waals surface area contributed by atoms with Gasteiger partial charge in [-0.1, -0.05) is 30.3 Å². The maximum Gasteiger partial charge on any atom is 0.272 e. The highest BCUT2D eigenvalue weighted by Crippen LogP contribution is 2.15. The van der Waals surface area contributed by atoms with Crippen LogP contribution in [0.1, 0.15) is 22.1 Å². The van der Waals surface area contributed by atoms with Gasteiger partial charge in [0.1, 0.15) is 0 Å². The number of likely N-dealkylation sites (N-methyl/N-ethyl adjacent to an activating group) is 1. The minimum atomic E-state index is -0.260. The molecule has 21 heavy (non-hydrogen) atoms. The number of rotatable bonds is 5. The number of nitrogens with two attached hydrogens (primary N) is 1. The molecule has 0 aliphatic rings. The van der Waals surface area contributed by atoms with Crippen molar-refractivity contribution < 1.29 is 4.79 Å². The van der Waals surface area contributed by atoms with Gasteiger partial charge in [-0.25, -0.2) is 4.98 Å². The van der Waals surface area contributed by atoms with Gasteiger partial charge in [-0.15, -0.1) is 0 Å². The predicted molar refractivity (Wildman–Crippen MR) is 83.9 cm³/mol. The van der Waals surface area contributed by atoms with Crippen LogP contribution >= 0.6 is 0 Å². The Morgan fingerprint density at radius 1 is 1.24 bits per heavy atom. The fourth-order valence-electron chi connectivity index (χ4n) is 2.12. The molecule has 1 aromatic heterocycles. The topological polar surface area (TPSA) is 71.2 Å². The summed E-state index contributed by atoms with van der Waals surface area (Å²) in [7, 11) is 3.94. The van der Waals surface area contributed by atoms with Crippen molar-refractivity contribution in [3.63, 3.8) is 0 Å². The van der Waals surface area contributed by atoms with Crippen LogP contribution in [0.25, 0.3) is 0 Å². The van der Waals surface area contributed by atoms with E-state index >= 15 is 0 Å². The lowest BCUT2D eigenvalue weighted by Gasteiger charge is -2.23. The van der Waals surface area contributed by atoms with E-state index in [4.69, 9.17) is 5.73 Å². The molecule has 5 nitrogen and oxygen atoms in total. The Morgan fingerprint density at radius 3 is 2.57 bits per heavy atom. The van der Waals surface area contributed by atoms with E-state index in [1.165, 1.54) is 0 Å². The lowest BCUT2D eigenvalue weighted by Crippen LogP contribution is -2.36. The molecule has 2 aromatic rings. The van der Waals surface area contributed by atoms with Crippen LogP contribution in [0.5, 0.6) is 0 Å². The lowest BCUT2D eigenvalue weighted by atomic mass is 10.1. The third kappa shape index (κ3) is 4.03. The number of nitrogen functional groups attached to an aromatic ring is 1. The third-order valence-electron chi connectivity index (χ3n) is 3.11. The number of hydrogen-bond acceptors (Lipinski definition) is 4. The van der Waals surface area contributed by atoms with Crippen molar-refractivity contribution >= 4 is 11.6 Å². The number of pyridine rings is 1. The van der Waals surface area contributed by atoms with Gasteiger partial charge in [-0.05, 0) is 31.8 Å². The molecule has 1 heterocycles. The average molecular weight is 284 g/mol. The average Bonchev–Trinajstić information content (AvgIpc) is 2.47. The van der Waals surface area contributed by atoms with Crippen molar-refractivity contribution in [3.8, 4) is 0 Å². The van der Waals surface area contributed by atoms with E-state index in [0.29, 0.717) is 12.2 Å². The normalized spacial score (nSPS) is 12.1. The van der Waals surface area contributed by atoms with Gasteiger partial charge in [0.2, 0.25) is 0 Å². The number of nitrogens with zero attached hydrogens (tertiary/aromatic N) is 2. The molecule has 0 spiro atoms. The maximum atomic E-state index is 12.4. The highest BCUT2D eigenvalue weighted by molar-refractivity contribution is 5.97. The number of amides is 1. The number of anilines is 1. The molecule has 1 atom stereocenters. The summed E-state index contributed by atoms with van der Waals surface area (Å²) in [6.07, 6.45) is 1.56. The number of aromatic nitrogens is 1. The van der Waals surface area contributed by atoms with Gasteiger partial charge in [-0.2, -0.15) is 0 Å². The van der Waals surface area contributed by atoms with Crippen LogP contribution in [0.2, 0.25) is 0 Å². The van der Waals surface area contributed by atoms with Crippen LogP contribution < -0.4 is 11.1 Å². The van der Waals surface area contributed by atoms with E-state index in [1.807, 2.05) is 49.3 Å². The Kier molecular flexibility index (Phi) is 4.90. The molecule has 0 fully saturated rings. The third-order valence-corrected chi connectivity index (χ3v) is 3.11. The van der Waals surface area contributed by atoms with Crippen molar-refractivity contribution in [2.45, 2.75) is 6.04 Å². The first-order chi connectivity index (χ1) is 10.1. The Labute approximate surface area is 124 Å². The Balaban J connectivity index is 2.19. The Hall–Kier alpha value is -2.40. The van der Waals surface area contributed by atoms with Crippen molar-refractivity contribution in [3.05, 3.63) is 59.9 Å². The van der Waals surface area contributed by atoms with E-state index in [9.17, 15) is 4.79 Å². The first-order valence-corrected chi connectivity index (χ1v) is 6.79. The van der Waals surface area contributed by atoms with E-state index in [-0.39, 0.29) is 17.6 Å². The summed E-state index contributed by atoms with van der Waals surface area (Å²) in [5, 5.41) is 3.00. The SMILES string of the molecule is CN(C)CC(NC(=O)c1ncccc1N)c1ccccc1. The number of benzene rings is 1. The smallest absolute Gasteiger partial charge is 0.272 e. The zero-order valence-electron chi connectivity index (χ0n) is 12.3. The molecule has 110 valence electrons. The summed E-state index contributed by atoms with van der Waals surface area (Å²) in [6.45, 7) is 0.697. The fraction of sp³-hybridized carbons (Fsp3) is 0.250. The first kappa shape index (κ1) is 15.0. The van der Waals surface area contributed by atoms with Gasteiger partial charge in [0, 0.05) is 12.7 Å². The number of carbonyl (C=O) groups is 1. The second kappa shape index (κ2) is 6.85. The minimum absolute atomic E-state index is 0.116. The van der Waals surface area contributed by atoms with Gasteiger partial charge in [-0.3, -0.25) is 4.79 Å². The summed E-state index contributed by atoms with van der Waals surface area (Å²) in [5.41, 5.74) is 7.50. The molecule has 5 heteroatoms. The molecule has 0 aliphatic heterocycles. The zero-order valence-corrected chi connectivity index (χ0v) is 12.3. The standard InChI is InChI=1S/C16H20N4O/c1-20(2)11-14(12-7-4-3-5-8-12)19-16(21)15-13(17)9-6-10-18-15/h3-10,14H,11,17H2,1-2H3,(H,19,21). The zero-order chi connectivity index (χ0) is 15.2. The van der Waals surface area contributed by atoms with E-state index in [2.05, 4.69) is 10.3 Å². The van der Waals surface area contributed by atoms with Crippen LogP contribution in [0.4, 0.5) is 5.69 Å². The minimum Gasteiger partial charge on any atom is -0.397 e. The molecular weight excluding hydrogens is 264 g/mol. The molecule has 0 saturated carbocycles. The molecule has 3 N–H and O–H groups in total. The molecule has 1 unspecified atom stereocenters. The quantitative estimate of drug-likeness (QED) is 0.876. The first-order valence-electron chi connectivity index (χ1n) is 6.79. The Morgan fingerprint density at radius 2 is 1.95 bits per heavy atom. The van der Waals surface area contributed by atoms with Crippen LogP contribution in [0, 0.1) is 0 Å². The van der Waals surface area contributed by atoms with Gasteiger partial charge in [0.25, 0.3) is 5.91 Å². The molecule has 0 radical (unpaired) electrons. The van der Waals surface area contributed by atoms with E-state index in [1.54, 1.807) is 18.3 Å². The van der Waals surface area contributed by atoms with Crippen molar-refractivity contribution in [2.75, 3.05) is 26.4 Å². The van der Waals surface area contributed by atoms with Gasteiger partial charge in [0.05, 0.1) is 11.7 Å². The molecule has 1 aromatic carbocycles. The summed E-state index contributed by atoms with van der Waals surface area (Å²) in [6, 6.07) is 13.1. The summed E-state index contributed by atoms with van der Waals surface area (Å²) in [5.74, 6) is -0.260. The monoisotopic (exact) mass is 284 g/mol. The predicted octanol–water partition coefficient (Wildman–Crippen LogP) is 1.70. The second-order valence-electron chi connectivity index (χ2n) is 5.14. The summed E-state index contributed by atoms with van der Waals surface area (Å²) in [4.78, 5) is 18.4. The van der Waals surface area contributed by atoms with Crippen LogP contribution in [-0.4, -0.2) is 36.4 Å². The van der Waals surface area contributed by atoms with Gasteiger partial charge < -0.3 is 16.0 Å². The number of hydrogen-bond donors (Lipinski definition) is 2. The molecule has 2 rings (SSSR count). The highest BCUT2D eigenvalue weighted by atomic mass is 16.2. The number of carbonyl (C=O) groups excluding carboxylic acids is 1. The van der Waals surface area contributed by atoms with Crippen LogP contribution in [0.15, 0.2) is 48.7 Å². The van der Waals surface area contributed by atoms with E-state index < -0.39 is 0 Å². The molecular formula is C16H20N4O. The van der Waals surface area contributed by atoms with E-state index in [0.717, 1.165) is 5.56 Å². The summed E-state index contributed by atoms with van der Waals surface area (Å²) >= 11 is 0. The van der Waals surface area contributed by atoms with Crippen molar-refractivity contribution in [1.29, 1.82) is 0 Å². The highest BCUT2D eigenvalue weighted by Gasteiger charge is 2.18. The molecule has 1 amide bonds. The molecule has 0 saturated heterocycles. The molecule has 0 aliphatic carbocycles. The van der Waals surface area contributed by atoms with Crippen molar-refractivity contribution in [1.82, 2.24) is 15.2 Å². The Bertz CT molecular complexity index is 598. The largest absolute Gasteiger partial charge is 0.397 e. The maximum absolute atomic E-state index is 12.4. The van der Waals surface area contributed by atoms with Gasteiger partial charge in [0.15, 0.2) is 5.69 Å². The fourth-order valence-corrected chi connectivity index (χ4v) is 2.12. The van der Waals surface area contributed by atoms with Crippen molar-refractivity contribution in [2.24, 2.45) is 0 Å². The van der Waals surface area contributed by atoms with Crippen LogP contribution in [-0.2, 0) is 0 Å². The number of nitrogens with one attached hydrogen (secondary N) is 1. The molecule has 0 bridgehead atoms. The van der Waals surface area contributed by atoms with Crippen LogP contribution in [0.3, 0.4) is 0 Å². The summed E-state index contributed by atoms with van der Waals surface area (Å²) < 4.78 is 0. The van der Waals surface area contributed by atoms with Gasteiger partial charge >= 0.3 is 0 Å². The second-order valence-corrected chi connectivity index (χ2v) is 5.14.